The molecule has 20 heavy (non-hydrogen) atoms. The number of benzene rings is 2. The Labute approximate surface area is 123 Å². The molecule has 1 nitrogen and oxygen atoms in total. The lowest BCUT2D eigenvalue weighted by Gasteiger charge is -2.12. The van der Waals surface area contributed by atoms with Crippen LogP contribution < -0.4 is 0 Å². The second kappa shape index (κ2) is 6.41. The highest BCUT2D eigenvalue weighted by Gasteiger charge is 2.14. The largest absolute Gasteiger partial charge is 0.392 e. The monoisotopic (exact) mass is 344 g/mol. The van der Waals surface area contributed by atoms with Gasteiger partial charge >= 0.3 is 0 Å². The van der Waals surface area contributed by atoms with Crippen molar-refractivity contribution >= 4 is 15.9 Å². The average molecular weight is 345 g/mol. The summed E-state index contributed by atoms with van der Waals surface area (Å²) in [6, 6.07) is 7.79. The van der Waals surface area contributed by atoms with Gasteiger partial charge in [-0.15, -0.1) is 0 Å². The van der Waals surface area contributed by atoms with Crippen LogP contribution in [0.3, 0.4) is 0 Å². The molecule has 0 saturated heterocycles. The normalized spacial score (nSPS) is 12.4. The predicted octanol–water partition coefficient (Wildman–Crippen LogP) is 4.01. The minimum Gasteiger partial charge on any atom is -0.392 e. The van der Waals surface area contributed by atoms with Gasteiger partial charge in [-0.2, -0.15) is 0 Å². The van der Waals surface area contributed by atoms with Crippen LogP contribution in [-0.2, 0) is 12.8 Å². The highest BCUT2D eigenvalue weighted by atomic mass is 79.9. The summed E-state index contributed by atoms with van der Waals surface area (Å²) >= 11 is 3.15. The van der Waals surface area contributed by atoms with E-state index in [-0.39, 0.29) is 18.4 Å². The first kappa shape index (κ1) is 15.1. The summed E-state index contributed by atoms with van der Waals surface area (Å²) in [6.07, 6.45) is -1.04. The molecule has 0 aromatic heterocycles. The Balaban J connectivity index is 2.11. The lowest BCUT2D eigenvalue weighted by molar-refractivity contribution is 0.172. The average Bonchev–Trinajstić information content (AvgIpc) is 2.32. The smallest absolute Gasteiger partial charge is 0.129 e. The molecule has 0 bridgehead atoms. The maximum Gasteiger partial charge on any atom is 0.129 e. The van der Waals surface area contributed by atoms with Crippen molar-refractivity contribution in [2.24, 2.45) is 0 Å². The van der Waals surface area contributed by atoms with E-state index in [1.807, 2.05) is 0 Å². The van der Waals surface area contributed by atoms with Gasteiger partial charge in [0, 0.05) is 16.5 Å². The Morgan fingerprint density at radius 3 is 2.25 bits per heavy atom. The molecule has 0 saturated carbocycles. The summed E-state index contributed by atoms with van der Waals surface area (Å²) in [4.78, 5) is 0. The van der Waals surface area contributed by atoms with Crippen LogP contribution in [0.4, 0.5) is 13.2 Å². The Morgan fingerprint density at radius 1 is 1.00 bits per heavy atom. The molecule has 2 aromatic rings. The first-order chi connectivity index (χ1) is 9.45. The highest BCUT2D eigenvalue weighted by molar-refractivity contribution is 9.10. The van der Waals surface area contributed by atoms with E-state index in [1.165, 1.54) is 18.2 Å². The van der Waals surface area contributed by atoms with E-state index in [0.717, 1.165) is 12.1 Å². The molecule has 5 heteroatoms. The van der Waals surface area contributed by atoms with Gasteiger partial charge in [0.1, 0.15) is 17.5 Å². The third-order valence-electron chi connectivity index (χ3n) is 2.90. The molecule has 106 valence electrons. The molecule has 1 unspecified atom stereocenters. The number of hydrogen-bond acceptors (Lipinski definition) is 1. The third kappa shape index (κ3) is 3.84. The molecular formula is C15H12BrF3O. The summed E-state index contributed by atoms with van der Waals surface area (Å²) in [7, 11) is 0. The Bertz CT molecular complexity index is 576. The van der Waals surface area contributed by atoms with Crippen molar-refractivity contribution in [3.63, 3.8) is 0 Å². The van der Waals surface area contributed by atoms with E-state index >= 15 is 0 Å². The highest BCUT2D eigenvalue weighted by Crippen LogP contribution is 2.19. The maximum absolute atomic E-state index is 13.5. The molecule has 0 aliphatic rings. The molecule has 2 rings (SSSR count). The van der Waals surface area contributed by atoms with Crippen LogP contribution in [0, 0.1) is 17.5 Å². The van der Waals surface area contributed by atoms with Gasteiger partial charge in [-0.25, -0.2) is 13.2 Å². The van der Waals surface area contributed by atoms with Crippen LogP contribution in [0.25, 0.3) is 0 Å². The van der Waals surface area contributed by atoms with Crippen molar-refractivity contribution in [1.82, 2.24) is 0 Å². The zero-order valence-corrected chi connectivity index (χ0v) is 12.0. The zero-order valence-electron chi connectivity index (χ0n) is 10.4. The van der Waals surface area contributed by atoms with Gasteiger partial charge < -0.3 is 5.11 Å². The molecular weight excluding hydrogens is 333 g/mol. The van der Waals surface area contributed by atoms with Crippen LogP contribution in [-0.4, -0.2) is 11.2 Å². The van der Waals surface area contributed by atoms with Gasteiger partial charge in [-0.05, 0) is 42.3 Å². The number of halogens is 4. The third-order valence-corrected chi connectivity index (χ3v) is 3.35. The number of hydrogen-bond donors (Lipinski definition) is 1. The first-order valence-corrected chi connectivity index (χ1v) is 6.81. The quantitative estimate of drug-likeness (QED) is 0.888. The molecule has 0 radical (unpaired) electrons. The molecule has 0 aliphatic heterocycles. The van der Waals surface area contributed by atoms with E-state index in [1.54, 1.807) is 6.07 Å². The fraction of sp³-hybridized carbons (Fsp3) is 0.200. The molecule has 0 heterocycles. The summed E-state index contributed by atoms with van der Waals surface area (Å²) < 4.78 is 40.7. The van der Waals surface area contributed by atoms with Gasteiger partial charge in [0.2, 0.25) is 0 Å². The Morgan fingerprint density at radius 2 is 1.65 bits per heavy atom. The van der Waals surface area contributed by atoms with Crippen LogP contribution in [0.15, 0.2) is 40.9 Å². The van der Waals surface area contributed by atoms with Crippen LogP contribution >= 0.6 is 15.9 Å². The van der Waals surface area contributed by atoms with Gasteiger partial charge in [0.25, 0.3) is 0 Å². The van der Waals surface area contributed by atoms with Crippen molar-refractivity contribution < 1.29 is 18.3 Å². The molecule has 1 atom stereocenters. The minimum absolute atomic E-state index is 0.115. The molecule has 0 fully saturated rings. The number of rotatable bonds is 4. The van der Waals surface area contributed by atoms with Crippen molar-refractivity contribution in [3.05, 3.63) is 69.4 Å². The molecule has 0 spiro atoms. The van der Waals surface area contributed by atoms with Gasteiger partial charge in [0.15, 0.2) is 0 Å². The molecule has 1 N–H and O–H groups in total. The minimum atomic E-state index is -0.991. The number of aliphatic hydroxyl groups is 1. The van der Waals surface area contributed by atoms with E-state index in [4.69, 9.17) is 0 Å². The summed E-state index contributed by atoms with van der Waals surface area (Å²) in [6.45, 7) is 0. The van der Waals surface area contributed by atoms with Crippen molar-refractivity contribution in [2.75, 3.05) is 0 Å². The fourth-order valence-corrected chi connectivity index (χ4v) is 2.55. The van der Waals surface area contributed by atoms with E-state index in [9.17, 15) is 18.3 Å². The molecule has 0 amide bonds. The van der Waals surface area contributed by atoms with Crippen LogP contribution in [0.5, 0.6) is 0 Å². The Hall–Kier alpha value is -1.33. The topological polar surface area (TPSA) is 20.2 Å². The van der Waals surface area contributed by atoms with Gasteiger partial charge in [0.05, 0.1) is 6.10 Å². The maximum atomic E-state index is 13.5. The van der Waals surface area contributed by atoms with Crippen LogP contribution in [0.1, 0.15) is 11.1 Å². The summed E-state index contributed by atoms with van der Waals surface area (Å²) in [5.74, 6) is -1.81. The van der Waals surface area contributed by atoms with Crippen LogP contribution in [0.2, 0.25) is 0 Å². The van der Waals surface area contributed by atoms with Crippen molar-refractivity contribution in [1.29, 1.82) is 0 Å². The predicted molar refractivity (Wildman–Crippen MR) is 73.9 cm³/mol. The van der Waals surface area contributed by atoms with Crippen molar-refractivity contribution in [2.45, 2.75) is 18.9 Å². The standard InChI is InChI=1S/C15H12BrF3O/c16-10-4-9(5-11(17)7-10)6-12(20)8-13-14(18)2-1-3-15(13)19/h1-5,7,12,20H,6,8H2. The summed E-state index contributed by atoms with van der Waals surface area (Å²) in [5.41, 5.74) is 0.400. The van der Waals surface area contributed by atoms with E-state index < -0.39 is 23.6 Å². The molecule has 0 aliphatic carbocycles. The Kier molecular flexibility index (Phi) is 4.83. The van der Waals surface area contributed by atoms with Crippen molar-refractivity contribution in [3.8, 4) is 0 Å². The lowest BCUT2D eigenvalue weighted by Crippen LogP contribution is -2.16. The second-order valence-corrected chi connectivity index (χ2v) is 5.46. The zero-order chi connectivity index (χ0) is 14.7. The second-order valence-electron chi connectivity index (χ2n) is 4.54. The SMILES string of the molecule is OC(Cc1cc(F)cc(Br)c1)Cc1c(F)cccc1F. The first-order valence-electron chi connectivity index (χ1n) is 6.01. The summed E-state index contributed by atoms with van der Waals surface area (Å²) in [5, 5.41) is 9.92. The lowest BCUT2D eigenvalue weighted by atomic mass is 10.0. The number of aliphatic hydroxyl groups excluding tert-OH is 1. The van der Waals surface area contributed by atoms with E-state index in [2.05, 4.69) is 15.9 Å². The van der Waals surface area contributed by atoms with Gasteiger partial charge in [-0.1, -0.05) is 22.0 Å². The fourth-order valence-electron chi connectivity index (χ4n) is 2.04. The van der Waals surface area contributed by atoms with E-state index in [0.29, 0.717) is 10.0 Å². The molecule has 2 aromatic carbocycles. The van der Waals surface area contributed by atoms with Gasteiger partial charge in [-0.3, -0.25) is 0 Å².